The molecule has 0 radical (unpaired) electrons. The smallest absolute Gasteiger partial charge is 0.380 e. The van der Waals surface area contributed by atoms with Gasteiger partial charge in [0.05, 0.1) is 17.8 Å². The van der Waals surface area contributed by atoms with Crippen molar-refractivity contribution in [2.75, 3.05) is 25.0 Å². The van der Waals surface area contributed by atoms with Crippen LogP contribution >= 0.6 is 0 Å². The zero-order valence-electron chi connectivity index (χ0n) is 11.4. The van der Waals surface area contributed by atoms with E-state index in [0.29, 0.717) is 6.54 Å². The van der Waals surface area contributed by atoms with Crippen LogP contribution in [-0.2, 0) is 6.18 Å². The van der Waals surface area contributed by atoms with Crippen LogP contribution in [0.5, 0.6) is 0 Å². The Morgan fingerprint density at radius 3 is 2.52 bits per heavy atom. The van der Waals surface area contributed by atoms with Gasteiger partial charge in [0, 0.05) is 19.1 Å². The van der Waals surface area contributed by atoms with E-state index in [1.807, 2.05) is 0 Å². The van der Waals surface area contributed by atoms with Gasteiger partial charge >= 0.3 is 6.18 Å². The van der Waals surface area contributed by atoms with Gasteiger partial charge in [0.25, 0.3) is 0 Å². The van der Waals surface area contributed by atoms with Crippen LogP contribution in [0.4, 0.5) is 23.2 Å². The van der Waals surface area contributed by atoms with E-state index in [9.17, 15) is 17.6 Å². The van der Waals surface area contributed by atoms with Crippen molar-refractivity contribution in [3.8, 4) is 12.3 Å². The Bertz CT molecular complexity index is 525. The molecule has 0 spiro atoms. The molecule has 114 valence electrons. The average molecular weight is 300 g/mol. The summed E-state index contributed by atoms with van der Waals surface area (Å²) in [6, 6.07) is 2.37. The molecule has 1 saturated heterocycles. The lowest BCUT2D eigenvalue weighted by atomic mass is 10.0. The molecule has 6 heteroatoms. The van der Waals surface area contributed by atoms with Crippen molar-refractivity contribution in [3.05, 3.63) is 29.6 Å². The molecule has 0 unspecified atom stereocenters. The number of nitrogens with one attached hydrogen (secondary N) is 1. The topological polar surface area (TPSA) is 15.3 Å². The molecule has 1 aromatic carbocycles. The second-order valence-electron chi connectivity index (χ2n) is 5.09. The highest BCUT2D eigenvalue weighted by atomic mass is 19.4. The largest absolute Gasteiger partial charge is 0.416 e. The monoisotopic (exact) mass is 300 g/mol. The van der Waals surface area contributed by atoms with Crippen LogP contribution in [0.2, 0.25) is 0 Å². The van der Waals surface area contributed by atoms with E-state index < -0.39 is 17.6 Å². The second kappa shape index (κ2) is 6.35. The first-order chi connectivity index (χ1) is 9.90. The van der Waals surface area contributed by atoms with E-state index in [1.165, 1.54) is 0 Å². The summed E-state index contributed by atoms with van der Waals surface area (Å²) in [4.78, 5) is 2.08. The normalized spacial score (nSPS) is 17.5. The molecule has 1 heterocycles. The summed E-state index contributed by atoms with van der Waals surface area (Å²) in [6.45, 7) is 2.07. The van der Waals surface area contributed by atoms with Crippen LogP contribution < -0.4 is 5.32 Å². The standard InChI is InChI=1S/C15H16F4N2/c1-2-7-21-8-5-12(6-9-21)20-14-10-11(15(17,18)19)3-4-13(14)16/h1,3-4,10,12,20H,5-9H2. The fraction of sp³-hybridized carbons (Fsp3) is 0.467. The lowest BCUT2D eigenvalue weighted by Gasteiger charge is -2.31. The number of hydrogen-bond acceptors (Lipinski definition) is 2. The van der Waals surface area contributed by atoms with Crippen molar-refractivity contribution in [2.45, 2.75) is 25.1 Å². The van der Waals surface area contributed by atoms with E-state index in [4.69, 9.17) is 6.42 Å². The van der Waals surface area contributed by atoms with Crippen molar-refractivity contribution < 1.29 is 17.6 Å². The SMILES string of the molecule is C#CCN1CCC(Nc2cc(C(F)(F)F)ccc2F)CC1. The third kappa shape index (κ3) is 4.11. The molecule has 0 bridgehead atoms. The number of rotatable bonds is 3. The number of nitrogens with zero attached hydrogens (tertiary/aromatic N) is 1. The van der Waals surface area contributed by atoms with Crippen molar-refractivity contribution in [2.24, 2.45) is 0 Å². The maximum absolute atomic E-state index is 13.6. The molecule has 0 aliphatic carbocycles. The number of benzene rings is 1. The second-order valence-corrected chi connectivity index (χ2v) is 5.09. The molecule has 1 N–H and O–H groups in total. The van der Waals surface area contributed by atoms with Gasteiger partial charge in [-0.15, -0.1) is 6.42 Å². The summed E-state index contributed by atoms with van der Waals surface area (Å²) in [5.41, 5.74) is -0.948. The molecule has 1 fully saturated rings. The summed E-state index contributed by atoms with van der Waals surface area (Å²) in [5, 5.41) is 2.87. The van der Waals surface area contributed by atoms with Crippen LogP contribution in [0.1, 0.15) is 18.4 Å². The third-order valence-electron chi connectivity index (χ3n) is 3.56. The summed E-state index contributed by atoms with van der Waals surface area (Å²) >= 11 is 0. The summed E-state index contributed by atoms with van der Waals surface area (Å²) in [5.74, 6) is 1.88. The number of anilines is 1. The molecule has 1 aliphatic heterocycles. The zero-order chi connectivity index (χ0) is 15.5. The van der Waals surface area contributed by atoms with Crippen molar-refractivity contribution in [1.29, 1.82) is 0 Å². The zero-order valence-corrected chi connectivity index (χ0v) is 11.4. The van der Waals surface area contributed by atoms with Crippen molar-refractivity contribution in [1.82, 2.24) is 4.90 Å². The van der Waals surface area contributed by atoms with E-state index in [0.717, 1.165) is 44.1 Å². The van der Waals surface area contributed by atoms with Gasteiger partial charge in [-0.3, -0.25) is 4.90 Å². The Balaban J connectivity index is 2.02. The summed E-state index contributed by atoms with van der Waals surface area (Å²) in [6.07, 6.45) is 2.20. The minimum absolute atomic E-state index is 0.0444. The van der Waals surface area contributed by atoms with Crippen LogP contribution in [0, 0.1) is 18.2 Å². The molecule has 1 aliphatic rings. The summed E-state index contributed by atoms with van der Waals surface area (Å²) in [7, 11) is 0. The Kier molecular flexibility index (Phi) is 4.73. The molecule has 0 atom stereocenters. The Labute approximate surface area is 121 Å². The number of piperidine rings is 1. The fourth-order valence-electron chi connectivity index (χ4n) is 2.40. The summed E-state index contributed by atoms with van der Waals surface area (Å²) < 4.78 is 51.6. The third-order valence-corrected chi connectivity index (χ3v) is 3.56. The van der Waals surface area contributed by atoms with Crippen molar-refractivity contribution >= 4 is 5.69 Å². The highest BCUT2D eigenvalue weighted by Gasteiger charge is 2.31. The number of alkyl halides is 3. The van der Waals surface area contributed by atoms with Crippen LogP contribution in [0.3, 0.4) is 0 Å². The predicted molar refractivity (Wildman–Crippen MR) is 73.3 cm³/mol. The first kappa shape index (κ1) is 15.6. The minimum atomic E-state index is -4.47. The van der Waals surface area contributed by atoms with Gasteiger partial charge in [0.1, 0.15) is 5.82 Å². The molecule has 21 heavy (non-hydrogen) atoms. The number of likely N-dealkylation sites (tertiary alicyclic amines) is 1. The Morgan fingerprint density at radius 1 is 1.29 bits per heavy atom. The lowest BCUT2D eigenvalue weighted by molar-refractivity contribution is -0.137. The van der Waals surface area contributed by atoms with Gasteiger partial charge in [-0.05, 0) is 31.0 Å². The van der Waals surface area contributed by atoms with Gasteiger partial charge in [0.15, 0.2) is 0 Å². The maximum atomic E-state index is 13.6. The lowest BCUT2D eigenvalue weighted by Crippen LogP contribution is -2.39. The predicted octanol–water partition coefficient (Wildman–Crippen LogP) is 3.35. The average Bonchev–Trinajstić information content (AvgIpc) is 2.42. The van der Waals surface area contributed by atoms with E-state index in [2.05, 4.69) is 16.1 Å². The van der Waals surface area contributed by atoms with E-state index >= 15 is 0 Å². The molecule has 0 saturated carbocycles. The van der Waals surface area contributed by atoms with Gasteiger partial charge in [-0.25, -0.2) is 4.39 Å². The van der Waals surface area contributed by atoms with E-state index in [-0.39, 0.29) is 11.7 Å². The highest BCUT2D eigenvalue weighted by Crippen LogP contribution is 2.32. The highest BCUT2D eigenvalue weighted by molar-refractivity contribution is 5.48. The minimum Gasteiger partial charge on any atom is -0.380 e. The van der Waals surface area contributed by atoms with Crippen LogP contribution in [0.25, 0.3) is 0 Å². The molecular weight excluding hydrogens is 284 g/mol. The number of hydrogen-bond donors (Lipinski definition) is 1. The molecule has 0 amide bonds. The van der Waals surface area contributed by atoms with Crippen LogP contribution in [-0.4, -0.2) is 30.6 Å². The van der Waals surface area contributed by atoms with Crippen LogP contribution in [0.15, 0.2) is 18.2 Å². The van der Waals surface area contributed by atoms with Gasteiger partial charge in [0.2, 0.25) is 0 Å². The fourth-order valence-corrected chi connectivity index (χ4v) is 2.40. The van der Waals surface area contributed by atoms with Gasteiger partial charge < -0.3 is 5.32 Å². The maximum Gasteiger partial charge on any atom is 0.416 e. The molecular formula is C15H16F4N2. The molecule has 2 nitrogen and oxygen atoms in total. The van der Waals surface area contributed by atoms with E-state index in [1.54, 1.807) is 0 Å². The number of halogens is 4. The Hall–Kier alpha value is -1.74. The quantitative estimate of drug-likeness (QED) is 0.680. The Morgan fingerprint density at radius 2 is 1.95 bits per heavy atom. The van der Waals surface area contributed by atoms with Gasteiger partial charge in [-0.1, -0.05) is 5.92 Å². The number of terminal acetylenes is 1. The molecule has 0 aromatic heterocycles. The molecule has 1 aromatic rings. The first-order valence-corrected chi connectivity index (χ1v) is 6.69. The molecule has 2 rings (SSSR count). The van der Waals surface area contributed by atoms with Gasteiger partial charge in [-0.2, -0.15) is 13.2 Å². The van der Waals surface area contributed by atoms with Crippen molar-refractivity contribution in [3.63, 3.8) is 0 Å². The first-order valence-electron chi connectivity index (χ1n) is 6.69.